The molecule has 0 aliphatic heterocycles. The van der Waals surface area contributed by atoms with Crippen LogP contribution in [0.4, 0.5) is 5.69 Å². The third-order valence-electron chi connectivity index (χ3n) is 3.18. The van der Waals surface area contributed by atoms with Crippen LogP contribution in [0.1, 0.15) is 29.7 Å². The van der Waals surface area contributed by atoms with Gasteiger partial charge in [0.15, 0.2) is 0 Å². The summed E-state index contributed by atoms with van der Waals surface area (Å²) in [7, 11) is 0. The van der Waals surface area contributed by atoms with E-state index in [1.54, 1.807) is 12.1 Å². The average molecular weight is 268 g/mol. The van der Waals surface area contributed by atoms with Crippen molar-refractivity contribution >= 4 is 5.69 Å². The molecular formula is C16H16N2O2. The van der Waals surface area contributed by atoms with E-state index in [0.717, 1.165) is 16.8 Å². The first-order chi connectivity index (χ1) is 9.51. The average Bonchev–Trinajstić information content (AvgIpc) is 2.37. The Bertz CT molecular complexity index is 654. The number of hydrogen-bond acceptors (Lipinski definition) is 4. The highest BCUT2D eigenvalue weighted by Crippen LogP contribution is 2.28. The fourth-order valence-electron chi connectivity index (χ4n) is 2.12. The second-order valence-electron chi connectivity index (χ2n) is 4.76. The lowest BCUT2D eigenvalue weighted by Crippen LogP contribution is -2.08. The summed E-state index contributed by atoms with van der Waals surface area (Å²) >= 11 is 0. The van der Waals surface area contributed by atoms with E-state index in [1.165, 1.54) is 6.07 Å². The normalized spacial score (nSPS) is 11.7. The van der Waals surface area contributed by atoms with Crippen molar-refractivity contribution in [1.82, 2.24) is 0 Å². The number of phenolic OH excluding ortho intramolecular Hbond substituents is 2. The van der Waals surface area contributed by atoms with E-state index in [-0.39, 0.29) is 17.5 Å². The predicted octanol–water partition coefficient (Wildman–Crippen LogP) is 3.45. The zero-order valence-corrected chi connectivity index (χ0v) is 11.4. The predicted molar refractivity (Wildman–Crippen MR) is 77.7 cm³/mol. The zero-order chi connectivity index (χ0) is 14.7. The first-order valence-corrected chi connectivity index (χ1v) is 6.30. The third-order valence-corrected chi connectivity index (χ3v) is 3.18. The fourth-order valence-corrected chi connectivity index (χ4v) is 2.12. The van der Waals surface area contributed by atoms with E-state index in [9.17, 15) is 15.5 Å². The van der Waals surface area contributed by atoms with E-state index in [4.69, 9.17) is 0 Å². The van der Waals surface area contributed by atoms with Crippen LogP contribution in [0.3, 0.4) is 0 Å². The van der Waals surface area contributed by atoms with Crippen molar-refractivity contribution in [2.45, 2.75) is 19.9 Å². The highest BCUT2D eigenvalue weighted by Gasteiger charge is 2.11. The summed E-state index contributed by atoms with van der Waals surface area (Å²) < 4.78 is 0. The van der Waals surface area contributed by atoms with Crippen molar-refractivity contribution in [3.05, 3.63) is 53.1 Å². The molecule has 0 aliphatic carbocycles. The molecule has 0 fully saturated rings. The molecule has 0 saturated heterocycles. The minimum absolute atomic E-state index is 0.0124. The number of nitriles is 1. The summed E-state index contributed by atoms with van der Waals surface area (Å²) in [4.78, 5) is 0. The van der Waals surface area contributed by atoms with Gasteiger partial charge in [-0.2, -0.15) is 5.26 Å². The lowest BCUT2D eigenvalue weighted by Gasteiger charge is -2.18. The number of nitrogens with one attached hydrogen (secondary N) is 1. The minimum Gasteiger partial charge on any atom is -0.508 e. The topological polar surface area (TPSA) is 76.3 Å². The monoisotopic (exact) mass is 268 g/mol. The summed E-state index contributed by atoms with van der Waals surface area (Å²) in [6, 6.07) is 12.1. The second-order valence-corrected chi connectivity index (χ2v) is 4.76. The lowest BCUT2D eigenvalue weighted by molar-refractivity contribution is 0.448. The van der Waals surface area contributed by atoms with Gasteiger partial charge in [0.1, 0.15) is 17.6 Å². The minimum atomic E-state index is -0.151. The van der Waals surface area contributed by atoms with Crippen LogP contribution in [0.2, 0.25) is 0 Å². The SMILES string of the molecule is Cc1cccc(NC(C)c2cc(O)cc(O)c2)c1C#N. The van der Waals surface area contributed by atoms with Crippen LogP contribution < -0.4 is 5.32 Å². The molecule has 4 heteroatoms. The Labute approximate surface area is 117 Å². The fraction of sp³-hybridized carbons (Fsp3) is 0.188. The number of phenols is 2. The Morgan fingerprint density at radius 1 is 1.15 bits per heavy atom. The lowest BCUT2D eigenvalue weighted by atomic mass is 10.0. The molecule has 0 bridgehead atoms. The standard InChI is InChI=1S/C16H16N2O2/c1-10-4-3-5-16(15(10)9-17)18-11(2)12-6-13(19)8-14(20)7-12/h3-8,11,18-20H,1-2H3. The molecule has 0 saturated carbocycles. The van der Waals surface area contributed by atoms with Crippen LogP contribution in [0.25, 0.3) is 0 Å². The molecule has 0 aliphatic rings. The molecule has 3 N–H and O–H groups in total. The molecule has 0 spiro atoms. The zero-order valence-electron chi connectivity index (χ0n) is 11.4. The van der Waals surface area contributed by atoms with E-state index in [2.05, 4.69) is 11.4 Å². The molecule has 4 nitrogen and oxygen atoms in total. The largest absolute Gasteiger partial charge is 0.508 e. The smallest absolute Gasteiger partial charge is 0.119 e. The van der Waals surface area contributed by atoms with Gasteiger partial charge in [0, 0.05) is 12.1 Å². The molecule has 2 aromatic rings. The number of nitrogens with zero attached hydrogens (tertiary/aromatic N) is 1. The molecule has 2 rings (SSSR count). The summed E-state index contributed by atoms with van der Waals surface area (Å²) in [5.74, 6) is 0.0248. The number of aryl methyl sites for hydroxylation is 1. The van der Waals surface area contributed by atoms with Gasteiger partial charge in [-0.25, -0.2) is 0 Å². The van der Waals surface area contributed by atoms with Gasteiger partial charge >= 0.3 is 0 Å². The Kier molecular flexibility index (Phi) is 3.81. The van der Waals surface area contributed by atoms with Crippen LogP contribution in [-0.2, 0) is 0 Å². The number of benzene rings is 2. The molecule has 0 heterocycles. The summed E-state index contributed by atoms with van der Waals surface area (Å²) in [6.45, 7) is 3.78. The Balaban J connectivity index is 2.30. The molecule has 102 valence electrons. The Morgan fingerprint density at radius 3 is 2.40 bits per heavy atom. The summed E-state index contributed by atoms with van der Waals surface area (Å²) in [5, 5.41) is 31.5. The van der Waals surface area contributed by atoms with Crippen molar-refractivity contribution in [2.75, 3.05) is 5.32 Å². The Morgan fingerprint density at radius 2 is 1.80 bits per heavy atom. The Hall–Kier alpha value is -2.67. The van der Waals surface area contributed by atoms with Crippen LogP contribution in [0, 0.1) is 18.3 Å². The maximum absolute atomic E-state index is 9.51. The highest BCUT2D eigenvalue weighted by atomic mass is 16.3. The van der Waals surface area contributed by atoms with Gasteiger partial charge in [-0.15, -0.1) is 0 Å². The van der Waals surface area contributed by atoms with Crippen molar-refractivity contribution in [3.8, 4) is 17.6 Å². The van der Waals surface area contributed by atoms with E-state index in [1.807, 2.05) is 32.0 Å². The van der Waals surface area contributed by atoms with Crippen LogP contribution in [0.15, 0.2) is 36.4 Å². The van der Waals surface area contributed by atoms with Crippen molar-refractivity contribution in [3.63, 3.8) is 0 Å². The first-order valence-electron chi connectivity index (χ1n) is 6.30. The van der Waals surface area contributed by atoms with Crippen molar-refractivity contribution in [2.24, 2.45) is 0 Å². The highest BCUT2D eigenvalue weighted by molar-refractivity contribution is 5.61. The van der Waals surface area contributed by atoms with Crippen LogP contribution in [0.5, 0.6) is 11.5 Å². The molecule has 0 aromatic heterocycles. The van der Waals surface area contributed by atoms with Crippen LogP contribution >= 0.6 is 0 Å². The van der Waals surface area contributed by atoms with Gasteiger partial charge < -0.3 is 15.5 Å². The second kappa shape index (κ2) is 5.54. The first kappa shape index (κ1) is 13.8. The van der Waals surface area contributed by atoms with Crippen LogP contribution in [-0.4, -0.2) is 10.2 Å². The molecule has 0 amide bonds. The molecule has 1 atom stereocenters. The van der Waals surface area contributed by atoms with Gasteiger partial charge in [-0.1, -0.05) is 12.1 Å². The summed E-state index contributed by atoms with van der Waals surface area (Å²) in [6.07, 6.45) is 0. The third kappa shape index (κ3) is 2.83. The van der Waals surface area contributed by atoms with Gasteiger partial charge in [-0.05, 0) is 43.2 Å². The van der Waals surface area contributed by atoms with E-state index >= 15 is 0 Å². The molecule has 2 aromatic carbocycles. The van der Waals surface area contributed by atoms with Gasteiger partial charge in [0.25, 0.3) is 0 Å². The van der Waals surface area contributed by atoms with Gasteiger partial charge in [-0.3, -0.25) is 0 Å². The van der Waals surface area contributed by atoms with Crippen molar-refractivity contribution < 1.29 is 10.2 Å². The van der Waals surface area contributed by atoms with Crippen molar-refractivity contribution in [1.29, 1.82) is 5.26 Å². The quantitative estimate of drug-likeness (QED) is 0.796. The maximum atomic E-state index is 9.51. The molecule has 1 unspecified atom stereocenters. The van der Waals surface area contributed by atoms with E-state index in [0.29, 0.717) is 5.56 Å². The van der Waals surface area contributed by atoms with Gasteiger partial charge in [0.2, 0.25) is 0 Å². The molecular weight excluding hydrogens is 252 g/mol. The van der Waals surface area contributed by atoms with E-state index < -0.39 is 0 Å². The maximum Gasteiger partial charge on any atom is 0.119 e. The summed E-state index contributed by atoms with van der Waals surface area (Å²) in [5.41, 5.74) is 2.99. The molecule has 0 radical (unpaired) electrons. The number of rotatable bonds is 3. The number of aromatic hydroxyl groups is 2. The molecule has 20 heavy (non-hydrogen) atoms. The number of anilines is 1. The van der Waals surface area contributed by atoms with Gasteiger partial charge in [0.05, 0.1) is 11.3 Å². The number of hydrogen-bond donors (Lipinski definition) is 3.